The Labute approximate surface area is 118 Å². The number of methoxy groups -OCH3 is 1. The Balaban J connectivity index is 2.07. The average molecular weight is 279 g/mol. The fourth-order valence-electron chi connectivity index (χ4n) is 2.50. The molecule has 1 aromatic heterocycles. The van der Waals surface area contributed by atoms with Gasteiger partial charge in [0, 0.05) is 12.2 Å². The zero-order valence-electron chi connectivity index (χ0n) is 11.9. The zero-order chi connectivity index (χ0) is 14.5. The van der Waals surface area contributed by atoms with Crippen molar-refractivity contribution in [1.29, 1.82) is 0 Å². The Morgan fingerprint density at radius 3 is 2.80 bits per heavy atom. The van der Waals surface area contributed by atoms with Gasteiger partial charge in [-0.15, -0.1) is 0 Å². The number of amides is 1. The summed E-state index contributed by atoms with van der Waals surface area (Å²) in [6.45, 7) is 3.53. The molecule has 6 nitrogen and oxygen atoms in total. The molecule has 1 amide bonds. The van der Waals surface area contributed by atoms with Crippen LogP contribution in [0.4, 0.5) is 0 Å². The second-order valence-electron chi connectivity index (χ2n) is 5.00. The molecule has 0 saturated carbocycles. The highest BCUT2D eigenvalue weighted by molar-refractivity contribution is 5.95. The van der Waals surface area contributed by atoms with E-state index in [9.17, 15) is 9.59 Å². The number of aromatic nitrogens is 1. The minimum atomic E-state index is -0.649. The fraction of sp³-hybridized carbons (Fsp3) is 0.571. The molecule has 1 saturated heterocycles. The number of ether oxygens (including phenoxy) is 1. The molecule has 0 radical (unpaired) electrons. The molecule has 2 heterocycles. The maximum absolute atomic E-state index is 12.2. The van der Waals surface area contributed by atoms with E-state index in [1.54, 1.807) is 13.0 Å². The quantitative estimate of drug-likeness (QED) is 0.796. The number of piperidine rings is 1. The molecular weight excluding hydrogens is 258 g/mol. The molecule has 20 heavy (non-hydrogen) atoms. The minimum Gasteiger partial charge on any atom is -0.467 e. The van der Waals surface area contributed by atoms with Gasteiger partial charge >= 0.3 is 5.97 Å². The first-order chi connectivity index (χ1) is 9.63. The standard InChI is InChI=1S/C14H21N3O3/c1-10(14(19)20-2)16-13(18)12-4-3-9-17(12)11-5-7-15-8-6-11/h3-4,9-11,15H,5-8H2,1-2H3,(H,16,18). The van der Waals surface area contributed by atoms with E-state index in [0.29, 0.717) is 11.7 Å². The molecule has 2 rings (SSSR count). The highest BCUT2D eigenvalue weighted by atomic mass is 16.5. The third-order valence-electron chi connectivity index (χ3n) is 3.62. The van der Waals surface area contributed by atoms with Gasteiger partial charge in [0.15, 0.2) is 0 Å². The smallest absolute Gasteiger partial charge is 0.328 e. The molecule has 6 heteroatoms. The van der Waals surface area contributed by atoms with Crippen LogP contribution in [0.5, 0.6) is 0 Å². The number of carbonyl (C=O) groups excluding carboxylic acids is 2. The molecular formula is C14H21N3O3. The van der Waals surface area contributed by atoms with Crippen LogP contribution in [0.1, 0.15) is 36.3 Å². The van der Waals surface area contributed by atoms with Gasteiger partial charge in [0.25, 0.3) is 5.91 Å². The first-order valence-corrected chi connectivity index (χ1v) is 6.89. The summed E-state index contributed by atoms with van der Waals surface area (Å²) in [6, 6.07) is 3.32. The molecule has 0 aromatic carbocycles. The molecule has 1 aromatic rings. The van der Waals surface area contributed by atoms with Crippen molar-refractivity contribution in [2.45, 2.75) is 31.8 Å². The summed E-state index contributed by atoms with van der Waals surface area (Å²) in [7, 11) is 1.31. The monoisotopic (exact) mass is 279 g/mol. The van der Waals surface area contributed by atoms with Gasteiger partial charge in [0.1, 0.15) is 11.7 Å². The van der Waals surface area contributed by atoms with E-state index in [1.807, 2.05) is 16.8 Å². The van der Waals surface area contributed by atoms with E-state index < -0.39 is 12.0 Å². The Bertz CT molecular complexity index is 478. The maximum Gasteiger partial charge on any atom is 0.328 e. The molecule has 1 fully saturated rings. The van der Waals surface area contributed by atoms with Crippen molar-refractivity contribution in [3.63, 3.8) is 0 Å². The molecule has 110 valence electrons. The zero-order valence-corrected chi connectivity index (χ0v) is 11.9. The normalized spacial score (nSPS) is 17.5. The van der Waals surface area contributed by atoms with E-state index in [0.717, 1.165) is 25.9 Å². The van der Waals surface area contributed by atoms with E-state index in [4.69, 9.17) is 0 Å². The highest BCUT2D eigenvalue weighted by Crippen LogP contribution is 2.21. The molecule has 1 atom stereocenters. The molecule has 1 aliphatic heterocycles. The first-order valence-electron chi connectivity index (χ1n) is 6.89. The molecule has 2 N–H and O–H groups in total. The van der Waals surface area contributed by atoms with Crippen LogP contribution in [0.15, 0.2) is 18.3 Å². The number of rotatable bonds is 4. The number of nitrogens with one attached hydrogen (secondary N) is 2. The highest BCUT2D eigenvalue weighted by Gasteiger charge is 2.22. The summed E-state index contributed by atoms with van der Waals surface area (Å²) in [5.41, 5.74) is 0.590. The van der Waals surface area contributed by atoms with Crippen LogP contribution in [0.25, 0.3) is 0 Å². The lowest BCUT2D eigenvalue weighted by atomic mass is 10.1. The van der Waals surface area contributed by atoms with Crippen LogP contribution in [-0.2, 0) is 9.53 Å². The van der Waals surface area contributed by atoms with Crippen LogP contribution in [0, 0.1) is 0 Å². The summed E-state index contributed by atoms with van der Waals surface area (Å²) >= 11 is 0. The topological polar surface area (TPSA) is 72.4 Å². The molecule has 1 aliphatic rings. The van der Waals surface area contributed by atoms with E-state index in [1.165, 1.54) is 7.11 Å². The average Bonchev–Trinajstić information content (AvgIpc) is 2.96. The number of nitrogens with zero attached hydrogens (tertiary/aromatic N) is 1. The van der Waals surface area contributed by atoms with Gasteiger partial charge in [0.2, 0.25) is 0 Å². The lowest BCUT2D eigenvalue weighted by Crippen LogP contribution is -2.40. The number of carbonyl (C=O) groups is 2. The van der Waals surface area contributed by atoms with Crippen molar-refractivity contribution in [2.75, 3.05) is 20.2 Å². The van der Waals surface area contributed by atoms with E-state index >= 15 is 0 Å². The van der Waals surface area contributed by atoms with Gasteiger partial charge < -0.3 is 19.9 Å². The van der Waals surface area contributed by atoms with Gasteiger partial charge in [-0.05, 0) is 45.0 Å². The van der Waals surface area contributed by atoms with Crippen molar-refractivity contribution < 1.29 is 14.3 Å². The molecule has 0 spiro atoms. The van der Waals surface area contributed by atoms with E-state index in [-0.39, 0.29) is 5.91 Å². The first kappa shape index (κ1) is 14.6. The summed E-state index contributed by atoms with van der Waals surface area (Å²) in [5.74, 6) is -0.690. The van der Waals surface area contributed by atoms with Crippen molar-refractivity contribution in [3.8, 4) is 0 Å². The largest absolute Gasteiger partial charge is 0.467 e. The minimum absolute atomic E-state index is 0.244. The van der Waals surface area contributed by atoms with Gasteiger partial charge in [-0.25, -0.2) is 4.79 Å². The summed E-state index contributed by atoms with van der Waals surface area (Å²) in [4.78, 5) is 23.6. The van der Waals surface area contributed by atoms with Crippen LogP contribution in [-0.4, -0.2) is 42.7 Å². The summed E-state index contributed by atoms with van der Waals surface area (Å²) in [6.07, 6.45) is 3.93. The van der Waals surface area contributed by atoms with Crippen molar-refractivity contribution in [3.05, 3.63) is 24.0 Å². The summed E-state index contributed by atoms with van der Waals surface area (Å²) in [5, 5.41) is 5.97. The lowest BCUT2D eigenvalue weighted by Gasteiger charge is -2.26. The van der Waals surface area contributed by atoms with Crippen molar-refractivity contribution in [1.82, 2.24) is 15.2 Å². The number of hydrogen-bond donors (Lipinski definition) is 2. The van der Waals surface area contributed by atoms with Gasteiger partial charge in [-0.1, -0.05) is 0 Å². The van der Waals surface area contributed by atoms with Gasteiger partial charge in [-0.3, -0.25) is 4.79 Å². The summed E-state index contributed by atoms with van der Waals surface area (Å²) < 4.78 is 6.61. The number of hydrogen-bond acceptors (Lipinski definition) is 4. The van der Waals surface area contributed by atoms with Crippen LogP contribution < -0.4 is 10.6 Å². The van der Waals surface area contributed by atoms with E-state index in [2.05, 4.69) is 15.4 Å². The van der Waals surface area contributed by atoms with Crippen LogP contribution in [0.3, 0.4) is 0 Å². The Morgan fingerprint density at radius 1 is 1.45 bits per heavy atom. The molecule has 0 bridgehead atoms. The Kier molecular flexibility index (Phi) is 4.79. The van der Waals surface area contributed by atoms with Crippen LogP contribution >= 0.6 is 0 Å². The second-order valence-corrected chi connectivity index (χ2v) is 5.00. The van der Waals surface area contributed by atoms with Gasteiger partial charge in [-0.2, -0.15) is 0 Å². The third-order valence-corrected chi connectivity index (χ3v) is 3.62. The Hall–Kier alpha value is -1.82. The Morgan fingerprint density at radius 2 is 2.15 bits per heavy atom. The maximum atomic E-state index is 12.2. The number of esters is 1. The SMILES string of the molecule is COC(=O)C(C)NC(=O)c1cccn1C1CCNCC1. The molecule has 0 aliphatic carbocycles. The van der Waals surface area contributed by atoms with Gasteiger partial charge in [0.05, 0.1) is 7.11 Å². The fourth-order valence-corrected chi connectivity index (χ4v) is 2.50. The van der Waals surface area contributed by atoms with Crippen LogP contribution in [0.2, 0.25) is 0 Å². The predicted octanol–water partition coefficient (Wildman–Crippen LogP) is 0.704. The lowest BCUT2D eigenvalue weighted by molar-refractivity contribution is -0.142. The van der Waals surface area contributed by atoms with Crippen molar-refractivity contribution in [2.24, 2.45) is 0 Å². The van der Waals surface area contributed by atoms with Crippen molar-refractivity contribution >= 4 is 11.9 Å². The molecule has 1 unspecified atom stereocenters. The predicted molar refractivity (Wildman–Crippen MR) is 74.5 cm³/mol. The second kappa shape index (κ2) is 6.56. The third kappa shape index (κ3) is 3.19.